The van der Waals surface area contributed by atoms with Gasteiger partial charge in [0.05, 0.1) is 11.5 Å². The Morgan fingerprint density at radius 3 is 2.47 bits per heavy atom. The quantitative estimate of drug-likeness (QED) is 0.579. The molecule has 112 valence electrons. The molecule has 1 heterocycles. The summed E-state index contributed by atoms with van der Waals surface area (Å²) < 4.78 is 21.0. The average molecular weight is 352 g/mol. The van der Waals surface area contributed by atoms with Gasteiger partial charge in [-0.1, -0.05) is 41.7 Å². The Morgan fingerprint density at radius 2 is 2.05 bits per heavy atom. The highest BCUT2D eigenvalue weighted by Crippen LogP contribution is 2.30. The molecule has 1 saturated heterocycles. The molecule has 0 aliphatic carbocycles. The molecule has 0 spiro atoms. The number of carbonyl (C=O) groups is 1. The summed E-state index contributed by atoms with van der Waals surface area (Å²) in [5, 5.41) is 5.47. The predicted molar refractivity (Wildman–Crippen MR) is 77.3 cm³/mol. The van der Waals surface area contributed by atoms with E-state index in [0.717, 1.165) is 0 Å². The zero-order valence-electron chi connectivity index (χ0n) is 10.5. The molecule has 1 amide bonds. The van der Waals surface area contributed by atoms with Crippen molar-refractivity contribution in [3.8, 4) is 0 Å². The minimum Gasteiger partial charge on any atom is -0.337 e. The molecule has 0 unspecified atom stereocenters. The fraction of sp³-hybridized carbons (Fsp3) is 0.900. The van der Waals surface area contributed by atoms with Gasteiger partial charge in [0.15, 0.2) is 9.84 Å². The van der Waals surface area contributed by atoms with E-state index in [-0.39, 0.29) is 23.5 Å². The first-order valence-corrected chi connectivity index (χ1v) is 8.92. The van der Waals surface area contributed by atoms with Crippen molar-refractivity contribution >= 4 is 50.5 Å². The van der Waals surface area contributed by atoms with E-state index in [1.54, 1.807) is 0 Å². The smallest absolute Gasteiger partial charge is 0.223 e. The molecule has 2 atom stereocenters. The third-order valence-corrected chi connectivity index (χ3v) is 5.17. The van der Waals surface area contributed by atoms with Crippen LogP contribution in [0.25, 0.3) is 0 Å². The van der Waals surface area contributed by atoms with Gasteiger partial charge in [0.2, 0.25) is 9.70 Å². The molecular weight excluding hydrogens is 335 g/mol. The van der Waals surface area contributed by atoms with Crippen LogP contribution in [0.5, 0.6) is 0 Å². The number of alkyl halides is 3. The Bertz CT molecular complexity index is 422. The number of halogens is 3. The monoisotopic (exact) mass is 350 g/mol. The normalized spacial score (nSPS) is 24.1. The molecule has 9 heteroatoms. The van der Waals surface area contributed by atoms with Gasteiger partial charge in [0.1, 0.15) is 6.17 Å². The third-order valence-electron chi connectivity index (χ3n) is 2.74. The van der Waals surface area contributed by atoms with E-state index in [4.69, 9.17) is 34.8 Å². The Labute approximate surface area is 128 Å². The molecule has 1 rings (SSSR count). The largest absolute Gasteiger partial charge is 0.337 e. The number of carbonyl (C=O) groups excluding carboxylic acids is 1. The summed E-state index contributed by atoms with van der Waals surface area (Å²) in [4.78, 5) is 11.6. The van der Waals surface area contributed by atoms with Crippen molar-refractivity contribution in [3.05, 3.63) is 0 Å². The molecule has 19 heavy (non-hydrogen) atoms. The van der Waals surface area contributed by atoms with Gasteiger partial charge < -0.3 is 5.32 Å². The molecule has 0 radical (unpaired) electrons. The van der Waals surface area contributed by atoms with E-state index >= 15 is 0 Å². The van der Waals surface area contributed by atoms with E-state index in [2.05, 4.69) is 10.6 Å². The summed E-state index contributed by atoms with van der Waals surface area (Å²) in [6.07, 6.45) is 0.538. The molecule has 0 aromatic heterocycles. The minimum atomic E-state index is -3.03. The van der Waals surface area contributed by atoms with E-state index in [9.17, 15) is 13.2 Å². The fourth-order valence-electron chi connectivity index (χ4n) is 1.84. The summed E-state index contributed by atoms with van der Waals surface area (Å²) in [6.45, 7) is 1.86. The van der Waals surface area contributed by atoms with Gasteiger partial charge >= 0.3 is 0 Å². The van der Waals surface area contributed by atoms with Gasteiger partial charge in [0.25, 0.3) is 0 Å². The Kier molecular flexibility index (Phi) is 6.20. The van der Waals surface area contributed by atoms with Crippen LogP contribution in [0.1, 0.15) is 26.2 Å². The first-order chi connectivity index (χ1) is 8.64. The molecule has 0 saturated carbocycles. The van der Waals surface area contributed by atoms with Crippen molar-refractivity contribution < 1.29 is 13.2 Å². The van der Waals surface area contributed by atoms with Crippen LogP contribution in [-0.4, -0.2) is 41.8 Å². The first kappa shape index (κ1) is 17.3. The van der Waals surface area contributed by atoms with Gasteiger partial charge in [-0.2, -0.15) is 0 Å². The van der Waals surface area contributed by atoms with E-state index in [0.29, 0.717) is 19.3 Å². The van der Waals surface area contributed by atoms with Crippen molar-refractivity contribution in [2.24, 2.45) is 0 Å². The third kappa shape index (κ3) is 6.04. The van der Waals surface area contributed by atoms with Crippen LogP contribution in [-0.2, 0) is 14.6 Å². The lowest BCUT2D eigenvalue weighted by Gasteiger charge is -2.29. The topological polar surface area (TPSA) is 75.3 Å². The highest BCUT2D eigenvalue weighted by atomic mass is 35.6. The van der Waals surface area contributed by atoms with Crippen LogP contribution in [0.4, 0.5) is 0 Å². The Hall–Kier alpha value is 0.250. The number of hydrogen-bond donors (Lipinski definition) is 2. The maximum atomic E-state index is 11.6. The van der Waals surface area contributed by atoms with E-state index < -0.39 is 19.8 Å². The second-order valence-corrected chi connectivity index (χ2v) is 9.16. The maximum absolute atomic E-state index is 11.6. The standard InChI is InChI=1S/C10H17Cl3N2O3S/c1-2-3-8(16)15-9(10(11,12)13)14-7-4-5-19(17,18)6-7/h7,9,14H,2-6H2,1H3,(H,15,16)/t7-,9+/m0/s1. The van der Waals surface area contributed by atoms with Crippen LogP contribution in [0, 0.1) is 0 Å². The van der Waals surface area contributed by atoms with E-state index in [1.165, 1.54) is 0 Å². The fourth-order valence-corrected chi connectivity index (χ4v) is 3.88. The molecule has 1 aliphatic heterocycles. The number of hydrogen-bond acceptors (Lipinski definition) is 4. The van der Waals surface area contributed by atoms with Crippen LogP contribution in [0.3, 0.4) is 0 Å². The summed E-state index contributed by atoms with van der Waals surface area (Å²) in [5.74, 6) is -0.138. The van der Waals surface area contributed by atoms with Gasteiger partial charge in [-0.25, -0.2) is 8.42 Å². The van der Waals surface area contributed by atoms with Gasteiger partial charge in [-0.3, -0.25) is 10.1 Å². The molecule has 5 nitrogen and oxygen atoms in total. The molecule has 0 aromatic carbocycles. The van der Waals surface area contributed by atoms with E-state index in [1.807, 2.05) is 6.92 Å². The molecule has 0 bridgehead atoms. The van der Waals surface area contributed by atoms with Crippen molar-refractivity contribution in [1.29, 1.82) is 0 Å². The van der Waals surface area contributed by atoms with Gasteiger partial charge in [0, 0.05) is 12.5 Å². The predicted octanol–water partition coefficient (Wildman–Crippen LogP) is 1.38. The van der Waals surface area contributed by atoms with Crippen LogP contribution >= 0.6 is 34.8 Å². The summed E-state index contributed by atoms with van der Waals surface area (Å²) >= 11 is 17.4. The summed E-state index contributed by atoms with van der Waals surface area (Å²) in [5.41, 5.74) is 0. The van der Waals surface area contributed by atoms with Crippen LogP contribution in [0.2, 0.25) is 0 Å². The minimum absolute atomic E-state index is 0.00606. The lowest BCUT2D eigenvalue weighted by atomic mass is 10.2. The molecule has 1 fully saturated rings. The second kappa shape index (κ2) is 6.80. The molecule has 2 N–H and O–H groups in total. The van der Waals surface area contributed by atoms with Crippen LogP contribution < -0.4 is 10.6 Å². The second-order valence-electron chi connectivity index (χ2n) is 4.56. The first-order valence-electron chi connectivity index (χ1n) is 5.96. The summed E-state index contributed by atoms with van der Waals surface area (Å²) in [6, 6.07) is -0.312. The Morgan fingerprint density at radius 1 is 1.42 bits per heavy atom. The number of nitrogens with one attached hydrogen (secondary N) is 2. The number of sulfone groups is 1. The maximum Gasteiger partial charge on any atom is 0.223 e. The van der Waals surface area contributed by atoms with Crippen molar-refractivity contribution in [3.63, 3.8) is 0 Å². The molecule has 0 aromatic rings. The zero-order chi connectivity index (χ0) is 14.7. The highest BCUT2D eigenvalue weighted by Gasteiger charge is 2.38. The highest BCUT2D eigenvalue weighted by molar-refractivity contribution is 7.91. The molecule has 1 aliphatic rings. The molecular formula is C10H17Cl3N2O3S. The van der Waals surface area contributed by atoms with Crippen molar-refractivity contribution in [1.82, 2.24) is 10.6 Å². The van der Waals surface area contributed by atoms with Gasteiger partial charge in [-0.15, -0.1) is 0 Å². The number of amides is 1. The lowest BCUT2D eigenvalue weighted by molar-refractivity contribution is -0.122. The number of rotatable bonds is 5. The average Bonchev–Trinajstić information content (AvgIpc) is 2.56. The van der Waals surface area contributed by atoms with Gasteiger partial charge in [-0.05, 0) is 12.8 Å². The SMILES string of the molecule is CCCC(=O)N[C@@H](N[C@H]1CCS(=O)(=O)C1)C(Cl)(Cl)Cl. The van der Waals surface area contributed by atoms with Crippen molar-refractivity contribution in [2.75, 3.05) is 11.5 Å². The lowest BCUT2D eigenvalue weighted by Crippen LogP contribution is -2.56. The Balaban J connectivity index is 2.63. The van der Waals surface area contributed by atoms with Crippen LogP contribution in [0.15, 0.2) is 0 Å². The van der Waals surface area contributed by atoms with Crippen molar-refractivity contribution in [2.45, 2.75) is 42.2 Å². The zero-order valence-corrected chi connectivity index (χ0v) is 13.5. The summed E-state index contributed by atoms with van der Waals surface area (Å²) in [7, 11) is -3.03.